The first-order valence-corrected chi connectivity index (χ1v) is 9.60. The molecule has 3 rings (SSSR count). The maximum atomic E-state index is 12.8. The summed E-state index contributed by atoms with van der Waals surface area (Å²) in [5.41, 5.74) is 2.02. The van der Waals surface area contributed by atoms with Crippen molar-refractivity contribution in [3.63, 3.8) is 0 Å². The van der Waals surface area contributed by atoms with E-state index in [1.165, 1.54) is 7.11 Å². The number of ether oxygens (including phenoxy) is 1. The molecule has 1 unspecified atom stereocenters. The normalized spacial score (nSPS) is 11.4. The van der Waals surface area contributed by atoms with Crippen LogP contribution in [0.1, 0.15) is 27.7 Å². The quantitative estimate of drug-likeness (QED) is 0.266. The van der Waals surface area contributed by atoms with Crippen molar-refractivity contribution in [1.82, 2.24) is 9.88 Å². The Morgan fingerprint density at radius 1 is 1.10 bits per heavy atom. The van der Waals surface area contributed by atoms with Crippen LogP contribution in [-0.4, -0.2) is 47.9 Å². The van der Waals surface area contributed by atoms with E-state index in [9.17, 15) is 9.90 Å². The van der Waals surface area contributed by atoms with Crippen LogP contribution in [0.5, 0.6) is 5.75 Å². The van der Waals surface area contributed by atoms with Gasteiger partial charge in [0.2, 0.25) is 0 Å². The third kappa shape index (κ3) is 5.37. The van der Waals surface area contributed by atoms with Crippen molar-refractivity contribution in [3.05, 3.63) is 83.6 Å². The second-order valence-corrected chi connectivity index (χ2v) is 6.99. The Kier molecular flexibility index (Phi) is 6.84. The van der Waals surface area contributed by atoms with Gasteiger partial charge in [0.05, 0.1) is 7.11 Å². The van der Waals surface area contributed by atoms with E-state index in [2.05, 4.69) is 15.6 Å². The fraction of sp³-hybridized carbons (Fsp3) is 0.174. The maximum absolute atomic E-state index is 12.8. The zero-order chi connectivity index (χ0) is 22.4. The molecule has 31 heavy (non-hydrogen) atoms. The molecule has 0 fully saturated rings. The van der Waals surface area contributed by atoms with Crippen molar-refractivity contribution in [3.8, 4) is 5.75 Å². The van der Waals surface area contributed by atoms with E-state index in [0.29, 0.717) is 39.8 Å². The van der Waals surface area contributed by atoms with E-state index in [0.717, 1.165) is 0 Å². The minimum atomic E-state index is -1.12. The molecular weight excluding hydrogens is 394 g/mol. The van der Waals surface area contributed by atoms with E-state index in [4.69, 9.17) is 10.1 Å². The van der Waals surface area contributed by atoms with Crippen molar-refractivity contribution in [2.45, 2.75) is 6.23 Å². The first-order valence-electron chi connectivity index (χ1n) is 9.60. The van der Waals surface area contributed by atoms with Gasteiger partial charge in [0, 0.05) is 42.7 Å². The average Bonchev–Trinajstić information content (AvgIpc) is 2.79. The first-order chi connectivity index (χ1) is 14.9. The molecule has 0 bridgehead atoms. The molecule has 3 aromatic rings. The summed E-state index contributed by atoms with van der Waals surface area (Å²) in [4.78, 5) is 18.6. The summed E-state index contributed by atoms with van der Waals surface area (Å²) >= 11 is 0. The van der Waals surface area contributed by atoms with Gasteiger partial charge in [-0.25, -0.2) is 4.98 Å². The smallest absolute Gasteiger partial charge is 0.255 e. The number of anilines is 2. The number of rotatable bonds is 7. The van der Waals surface area contributed by atoms with Crippen LogP contribution >= 0.6 is 0 Å². The zero-order valence-electron chi connectivity index (χ0n) is 17.6. The Balaban J connectivity index is 1.82. The number of pyridine rings is 1. The van der Waals surface area contributed by atoms with Crippen LogP contribution in [0.15, 0.2) is 66.9 Å². The van der Waals surface area contributed by atoms with E-state index in [1.54, 1.807) is 85.9 Å². The Labute approximate surface area is 181 Å². The number of aromatic nitrogens is 1. The van der Waals surface area contributed by atoms with Crippen LogP contribution in [0.25, 0.3) is 0 Å². The third-order valence-corrected chi connectivity index (χ3v) is 4.62. The highest BCUT2D eigenvalue weighted by atomic mass is 16.5. The van der Waals surface area contributed by atoms with Crippen LogP contribution in [0, 0.1) is 5.41 Å². The van der Waals surface area contributed by atoms with Crippen molar-refractivity contribution in [1.29, 1.82) is 5.41 Å². The maximum Gasteiger partial charge on any atom is 0.255 e. The second kappa shape index (κ2) is 9.73. The molecule has 8 heteroatoms. The number of carbonyl (C=O) groups is 1. The number of aliphatic hydroxyl groups is 1. The predicted molar refractivity (Wildman–Crippen MR) is 121 cm³/mol. The molecule has 0 aliphatic carbocycles. The molecule has 160 valence electrons. The molecular formula is C23H25N5O3. The summed E-state index contributed by atoms with van der Waals surface area (Å²) in [5.74, 6) is 1.06. The van der Waals surface area contributed by atoms with E-state index < -0.39 is 6.23 Å². The van der Waals surface area contributed by atoms with Gasteiger partial charge in [0.25, 0.3) is 5.91 Å². The molecule has 1 atom stereocenters. The lowest BCUT2D eigenvalue weighted by molar-refractivity contribution is 0.102. The van der Waals surface area contributed by atoms with Gasteiger partial charge >= 0.3 is 0 Å². The SMILES string of the molecule is COc1ccc(NC(=O)c2ccc(C(=N)N(C)C)cc2)c(C(O)Nc2ccccn2)c1. The number of nitrogens with one attached hydrogen (secondary N) is 3. The summed E-state index contributed by atoms with van der Waals surface area (Å²) in [6.45, 7) is 0. The number of nitrogens with zero attached hydrogens (tertiary/aromatic N) is 2. The zero-order valence-corrected chi connectivity index (χ0v) is 17.6. The molecule has 2 aromatic carbocycles. The summed E-state index contributed by atoms with van der Waals surface area (Å²) in [6, 6.07) is 17.1. The average molecular weight is 419 g/mol. The molecule has 1 heterocycles. The van der Waals surface area contributed by atoms with Crippen LogP contribution in [0.3, 0.4) is 0 Å². The lowest BCUT2D eigenvalue weighted by Gasteiger charge is -2.19. The number of carbonyl (C=O) groups excluding carboxylic acids is 1. The highest BCUT2D eigenvalue weighted by Gasteiger charge is 2.17. The van der Waals surface area contributed by atoms with Crippen LogP contribution in [0.4, 0.5) is 11.5 Å². The summed E-state index contributed by atoms with van der Waals surface area (Å²) in [7, 11) is 5.11. The number of hydrogen-bond acceptors (Lipinski definition) is 6. The van der Waals surface area contributed by atoms with E-state index >= 15 is 0 Å². The third-order valence-electron chi connectivity index (χ3n) is 4.62. The van der Waals surface area contributed by atoms with Gasteiger partial charge in [0.1, 0.15) is 17.4 Å². The molecule has 0 spiro atoms. The summed E-state index contributed by atoms with van der Waals surface area (Å²) in [6.07, 6.45) is 0.492. The monoisotopic (exact) mass is 419 g/mol. The highest BCUT2D eigenvalue weighted by molar-refractivity contribution is 6.05. The van der Waals surface area contributed by atoms with Crippen LogP contribution in [-0.2, 0) is 0 Å². The number of amides is 1. The van der Waals surface area contributed by atoms with Crippen molar-refractivity contribution in [2.75, 3.05) is 31.8 Å². The molecule has 1 aromatic heterocycles. The molecule has 4 N–H and O–H groups in total. The molecule has 0 radical (unpaired) electrons. The Morgan fingerprint density at radius 2 is 1.81 bits per heavy atom. The van der Waals surface area contributed by atoms with E-state index in [-0.39, 0.29) is 5.91 Å². The van der Waals surface area contributed by atoms with Crippen molar-refractivity contribution < 1.29 is 14.6 Å². The van der Waals surface area contributed by atoms with Gasteiger partial charge in [0.15, 0.2) is 6.23 Å². The lowest BCUT2D eigenvalue weighted by Crippen LogP contribution is -2.22. The number of methoxy groups -OCH3 is 1. The second-order valence-electron chi connectivity index (χ2n) is 6.99. The first kappa shape index (κ1) is 21.8. The molecule has 0 saturated heterocycles. The molecule has 1 amide bonds. The van der Waals surface area contributed by atoms with Gasteiger partial charge in [-0.15, -0.1) is 0 Å². The molecule has 0 aliphatic heterocycles. The van der Waals surface area contributed by atoms with Gasteiger partial charge in [-0.2, -0.15) is 0 Å². The van der Waals surface area contributed by atoms with Crippen LogP contribution < -0.4 is 15.4 Å². The topological polar surface area (TPSA) is 111 Å². The van der Waals surface area contributed by atoms with Gasteiger partial charge in [-0.3, -0.25) is 10.2 Å². The minimum Gasteiger partial charge on any atom is -0.497 e. The fourth-order valence-electron chi connectivity index (χ4n) is 2.91. The molecule has 8 nitrogen and oxygen atoms in total. The molecule has 0 aliphatic rings. The Hall–Kier alpha value is -3.91. The number of hydrogen-bond donors (Lipinski definition) is 4. The fourth-order valence-corrected chi connectivity index (χ4v) is 2.91. The predicted octanol–water partition coefficient (Wildman–Crippen LogP) is 3.33. The van der Waals surface area contributed by atoms with E-state index in [1.807, 2.05) is 0 Å². The lowest BCUT2D eigenvalue weighted by atomic mass is 10.1. The van der Waals surface area contributed by atoms with Gasteiger partial charge in [-0.1, -0.05) is 18.2 Å². The Bertz CT molecular complexity index is 1050. The Morgan fingerprint density at radius 3 is 2.42 bits per heavy atom. The van der Waals surface area contributed by atoms with Crippen molar-refractivity contribution >= 4 is 23.2 Å². The van der Waals surface area contributed by atoms with Gasteiger partial charge < -0.3 is 25.4 Å². The van der Waals surface area contributed by atoms with Gasteiger partial charge in [-0.05, 0) is 42.5 Å². The summed E-state index contributed by atoms with van der Waals surface area (Å²) in [5, 5.41) is 24.5. The summed E-state index contributed by atoms with van der Waals surface area (Å²) < 4.78 is 5.26. The molecule has 0 saturated carbocycles. The largest absolute Gasteiger partial charge is 0.497 e. The number of aliphatic hydroxyl groups excluding tert-OH is 1. The number of amidine groups is 1. The standard InChI is InChI=1S/C23H25N5O3/c1-28(2)21(24)15-7-9-16(10-8-15)22(29)26-19-12-11-17(31-3)14-18(19)23(30)27-20-6-4-5-13-25-20/h4-14,23-24,30H,1-3H3,(H,25,27)(H,26,29). The number of benzene rings is 2. The minimum absolute atomic E-state index is 0.334. The van der Waals surface area contributed by atoms with Crippen LogP contribution in [0.2, 0.25) is 0 Å². The highest BCUT2D eigenvalue weighted by Crippen LogP contribution is 2.29. The van der Waals surface area contributed by atoms with Crippen molar-refractivity contribution in [2.24, 2.45) is 0 Å².